The molecule has 0 amide bonds. The monoisotopic (exact) mass is 261 g/mol. The third-order valence-corrected chi connectivity index (χ3v) is 5.73. The molecule has 4 fully saturated rings. The van der Waals surface area contributed by atoms with Gasteiger partial charge in [0.25, 0.3) is 0 Å². The minimum absolute atomic E-state index is 0.330. The summed E-state index contributed by atoms with van der Waals surface area (Å²) in [5.41, 5.74) is 0.664. The molecule has 19 heavy (non-hydrogen) atoms. The second-order valence-corrected chi connectivity index (χ2v) is 6.89. The number of aliphatic hydroxyl groups excluding tert-OH is 1. The van der Waals surface area contributed by atoms with Gasteiger partial charge in [-0.15, -0.1) is 0 Å². The minimum atomic E-state index is -0.529. The highest BCUT2D eigenvalue weighted by molar-refractivity contribution is 5.16. The van der Waals surface area contributed by atoms with E-state index in [9.17, 15) is 9.50 Å². The summed E-state index contributed by atoms with van der Waals surface area (Å²) >= 11 is 0. The van der Waals surface area contributed by atoms with Crippen molar-refractivity contribution < 1.29 is 9.50 Å². The van der Waals surface area contributed by atoms with Gasteiger partial charge in [-0.1, -0.05) is 0 Å². The Bertz CT molecular complexity index is 461. The van der Waals surface area contributed by atoms with E-state index in [0.717, 1.165) is 11.8 Å². The van der Waals surface area contributed by atoms with E-state index in [1.165, 1.54) is 44.4 Å². The van der Waals surface area contributed by atoms with E-state index in [0.29, 0.717) is 23.3 Å². The van der Waals surface area contributed by atoms with Crippen LogP contribution in [0.3, 0.4) is 0 Å². The molecule has 1 aromatic rings. The van der Waals surface area contributed by atoms with Crippen LogP contribution < -0.4 is 0 Å². The van der Waals surface area contributed by atoms with Crippen LogP contribution in [0.1, 0.15) is 43.8 Å². The maximum Gasteiger partial charge on any atom is 0.141 e. The molecule has 0 aromatic carbocycles. The van der Waals surface area contributed by atoms with Gasteiger partial charge in [-0.25, -0.2) is 4.39 Å². The molecular formula is C16H20FNO. The van der Waals surface area contributed by atoms with Crippen molar-refractivity contribution in [3.8, 4) is 0 Å². The van der Waals surface area contributed by atoms with E-state index >= 15 is 0 Å². The van der Waals surface area contributed by atoms with Crippen molar-refractivity contribution in [2.24, 2.45) is 29.6 Å². The molecule has 4 aliphatic carbocycles. The van der Waals surface area contributed by atoms with Crippen LogP contribution in [-0.2, 0) is 0 Å². The lowest BCUT2D eigenvalue weighted by atomic mass is 9.50. The SMILES string of the molecule is OC(c1cncc(F)c1)C1C2CC3CC(C2)CC1C3. The molecule has 5 rings (SSSR count). The predicted octanol–water partition coefficient (Wildman–Crippen LogP) is 3.33. The lowest BCUT2D eigenvalue weighted by Crippen LogP contribution is -2.47. The van der Waals surface area contributed by atoms with E-state index in [2.05, 4.69) is 4.98 Å². The van der Waals surface area contributed by atoms with Gasteiger partial charge in [0.2, 0.25) is 0 Å². The van der Waals surface area contributed by atoms with Crippen LogP contribution >= 0.6 is 0 Å². The topological polar surface area (TPSA) is 33.1 Å². The maximum atomic E-state index is 13.3. The maximum absolute atomic E-state index is 13.3. The highest BCUT2D eigenvalue weighted by Crippen LogP contribution is 2.59. The third kappa shape index (κ3) is 1.90. The number of hydrogen-bond donors (Lipinski definition) is 1. The van der Waals surface area contributed by atoms with Crippen LogP contribution in [0.4, 0.5) is 4.39 Å². The summed E-state index contributed by atoms with van der Waals surface area (Å²) in [5.74, 6) is 3.08. The van der Waals surface area contributed by atoms with Gasteiger partial charge in [-0.05, 0) is 67.8 Å². The molecule has 0 spiro atoms. The molecule has 4 aliphatic rings. The number of hydrogen-bond acceptors (Lipinski definition) is 2. The average molecular weight is 261 g/mol. The second kappa shape index (κ2) is 4.27. The lowest BCUT2D eigenvalue weighted by Gasteiger charge is -2.55. The second-order valence-electron chi connectivity index (χ2n) is 6.89. The quantitative estimate of drug-likeness (QED) is 0.886. The number of nitrogens with zero attached hydrogens (tertiary/aromatic N) is 1. The zero-order valence-corrected chi connectivity index (χ0v) is 11.0. The zero-order valence-electron chi connectivity index (χ0n) is 11.0. The smallest absolute Gasteiger partial charge is 0.141 e. The van der Waals surface area contributed by atoms with Crippen molar-refractivity contribution >= 4 is 0 Å². The molecule has 1 atom stereocenters. The molecule has 0 radical (unpaired) electrons. The van der Waals surface area contributed by atoms with Gasteiger partial charge in [0.1, 0.15) is 5.82 Å². The van der Waals surface area contributed by atoms with Gasteiger partial charge in [0.05, 0.1) is 12.3 Å². The van der Waals surface area contributed by atoms with E-state index < -0.39 is 6.10 Å². The molecule has 4 saturated carbocycles. The Morgan fingerprint density at radius 3 is 2.26 bits per heavy atom. The zero-order chi connectivity index (χ0) is 13.0. The van der Waals surface area contributed by atoms with Gasteiger partial charge in [-0.3, -0.25) is 4.98 Å². The Kier molecular flexibility index (Phi) is 2.66. The molecule has 0 saturated heterocycles. The largest absolute Gasteiger partial charge is 0.388 e. The Labute approximate surface area is 113 Å². The Morgan fingerprint density at radius 2 is 1.68 bits per heavy atom. The summed E-state index contributed by atoms with van der Waals surface area (Å²) in [4.78, 5) is 3.88. The first-order valence-electron chi connectivity index (χ1n) is 7.49. The number of aromatic nitrogens is 1. The van der Waals surface area contributed by atoms with Gasteiger partial charge < -0.3 is 5.11 Å². The van der Waals surface area contributed by atoms with Gasteiger partial charge >= 0.3 is 0 Å². The predicted molar refractivity (Wildman–Crippen MR) is 69.7 cm³/mol. The van der Waals surface area contributed by atoms with Gasteiger partial charge in [-0.2, -0.15) is 0 Å². The Balaban J connectivity index is 1.62. The van der Waals surface area contributed by atoms with E-state index in [1.807, 2.05) is 0 Å². The average Bonchev–Trinajstić information content (AvgIpc) is 2.37. The highest BCUT2D eigenvalue weighted by Gasteiger charge is 2.50. The van der Waals surface area contributed by atoms with Crippen molar-refractivity contribution in [2.75, 3.05) is 0 Å². The summed E-state index contributed by atoms with van der Waals surface area (Å²) < 4.78 is 13.3. The Hall–Kier alpha value is -0.960. The van der Waals surface area contributed by atoms with Crippen LogP contribution in [-0.4, -0.2) is 10.1 Å². The van der Waals surface area contributed by atoms with E-state index in [-0.39, 0.29) is 5.82 Å². The van der Waals surface area contributed by atoms with E-state index in [4.69, 9.17) is 0 Å². The molecule has 102 valence electrons. The first kappa shape index (κ1) is 11.8. The fraction of sp³-hybridized carbons (Fsp3) is 0.688. The molecule has 1 aromatic heterocycles. The van der Waals surface area contributed by atoms with Crippen molar-refractivity contribution in [3.05, 3.63) is 29.8 Å². The summed E-state index contributed by atoms with van der Waals surface area (Å²) in [7, 11) is 0. The molecule has 2 nitrogen and oxygen atoms in total. The number of pyridine rings is 1. The first-order valence-corrected chi connectivity index (χ1v) is 7.49. The van der Waals surface area contributed by atoms with Crippen LogP contribution in [0.25, 0.3) is 0 Å². The molecule has 1 unspecified atom stereocenters. The molecule has 4 bridgehead atoms. The summed E-state index contributed by atoms with van der Waals surface area (Å²) in [6, 6.07) is 1.45. The highest BCUT2D eigenvalue weighted by atomic mass is 19.1. The minimum Gasteiger partial charge on any atom is -0.388 e. The molecular weight excluding hydrogens is 241 g/mol. The lowest BCUT2D eigenvalue weighted by molar-refractivity contribution is -0.0909. The van der Waals surface area contributed by atoms with Crippen molar-refractivity contribution in [1.82, 2.24) is 4.98 Å². The van der Waals surface area contributed by atoms with Crippen LogP contribution in [0, 0.1) is 35.4 Å². The summed E-state index contributed by atoms with van der Waals surface area (Å²) in [6.45, 7) is 0. The fourth-order valence-corrected chi connectivity index (χ4v) is 5.30. The molecule has 1 heterocycles. The van der Waals surface area contributed by atoms with Gasteiger partial charge in [0, 0.05) is 11.8 Å². The molecule has 3 heteroatoms. The number of halogens is 1. The molecule has 0 aliphatic heterocycles. The van der Waals surface area contributed by atoms with Crippen LogP contribution in [0.5, 0.6) is 0 Å². The van der Waals surface area contributed by atoms with Crippen molar-refractivity contribution in [3.63, 3.8) is 0 Å². The number of rotatable bonds is 2. The third-order valence-electron chi connectivity index (χ3n) is 5.73. The van der Waals surface area contributed by atoms with Crippen LogP contribution in [0.2, 0.25) is 0 Å². The standard InChI is InChI=1S/C16H20FNO/c17-14-6-13(7-18-8-14)16(19)15-11-2-9-1-10(4-11)5-12(15)3-9/h6-12,15-16,19H,1-5H2. The molecule has 1 N–H and O–H groups in total. The normalized spacial score (nSPS) is 41.5. The van der Waals surface area contributed by atoms with Crippen molar-refractivity contribution in [1.29, 1.82) is 0 Å². The number of aliphatic hydroxyl groups is 1. The summed E-state index contributed by atoms with van der Waals surface area (Å²) in [6.07, 6.45) is 8.81. The van der Waals surface area contributed by atoms with Crippen LogP contribution in [0.15, 0.2) is 18.5 Å². The van der Waals surface area contributed by atoms with Crippen molar-refractivity contribution in [2.45, 2.75) is 38.2 Å². The van der Waals surface area contributed by atoms with E-state index in [1.54, 1.807) is 6.20 Å². The summed E-state index contributed by atoms with van der Waals surface area (Å²) in [5, 5.41) is 10.7. The van der Waals surface area contributed by atoms with Gasteiger partial charge in [0.15, 0.2) is 0 Å². The Morgan fingerprint density at radius 1 is 1.05 bits per heavy atom. The first-order chi connectivity index (χ1) is 9.20. The fourth-order valence-electron chi connectivity index (χ4n) is 5.30.